The third kappa shape index (κ3) is 0.458. The van der Waals surface area contributed by atoms with E-state index >= 15 is 0 Å². The zero-order chi connectivity index (χ0) is 6.48. The Morgan fingerprint density at radius 2 is 2.56 bits per heavy atom. The molecule has 1 aliphatic carbocycles. The van der Waals surface area contributed by atoms with Crippen molar-refractivity contribution in [3.8, 4) is 0 Å². The molecule has 1 aliphatic heterocycles. The summed E-state index contributed by atoms with van der Waals surface area (Å²) in [6.07, 6.45) is -0.495. The van der Waals surface area contributed by atoms with Crippen LogP contribution in [0.1, 0.15) is 6.42 Å². The number of oxime groups is 1. The van der Waals surface area contributed by atoms with Crippen molar-refractivity contribution in [2.24, 2.45) is 11.1 Å². The minimum atomic E-state index is -2.38. The summed E-state index contributed by atoms with van der Waals surface area (Å²) in [6, 6.07) is 0. The van der Waals surface area contributed by atoms with Crippen LogP contribution in [0.5, 0.6) is 0 Å². The van der Waals surface area contributed by atoms with Crippen LogP contribution in [0.4, 0.5) is 8.78 Å². The average molecular weight is 133 g/mol. The zero-order valence-electron chi connectivity index (χ0n) is 4.55. The maximum absolute atomic E-state index is 12.0. The van der Waals surface area contributed by atoms with E-state index in [0.717, 1.165) is 0 Å². The molecule has 1 fully saturated rings. The summed E-state index contributed by atoms with van der Waals surface area (Å²) in [7, 11) is 0. The molecular weight excluding hydrogens is 128 g/mol. The molecule has 2 rings (SSSR count). The van der Waals surface area contributed by atoms with E-state index in [-0.39, 0.29) is 5.92 Å². The molecule has 0 radical (unpaired) electrons. The number of halogens is 2. The lowest BCUT2D eigenvalue weighted by Crippen LogP contribution is -2.21. The second kappa shape index (κ2) is 1.25. The second-order valence-electron chi connectivity index (χ2n) is 2.41. The van der Waals surface area contributed by atoms with Gasteiger partial charge in [-0.3, -0.25) is 0 Å². The van der Waals surface area contributed by atoms with Gasteiger partial charge in [0.2, 0.25) is 5.60 Å². The van der Waals surface area contributed by atoms with E-state index in [0.29, 0.717) is 6.42 Å². The van der Waals surface area contributed by atoms with Crippen LogP contribution in [0.3, 0.4) is 0 Å². The van der Waals surface area contributed by atoms with Crippen molar-refractivity contribution in [2.75, 3.05) is 0 Å². The Balaban J connectivity index is 2.15. The van der Waals surface area contributed by atoms with E-state index in [9.17, 15) is 8.78 Å². The third-order valence-corrected chi connectivity index (χ3v) is 1.84. The molecule has 2 atom stereocenters. The Hall–Kier alpha value is -0.670. The lowest BCUT2D eigenvalue weighted by atomic mass is 10.3. The van der Waals surface area contributed by atoms with Gasteiger partial charge in [-0.2, -0.15) is 0 Å². The molecule has 2 aliphatic rings. The van der Waals surface area contributed by atoms with Gasteiger partial charge in [-0.15, -0.1) is 0 Å². The van der Waals surface area contributed by atoms with Crippen molar-refractivity contribution in [3.05, 3.63) is 0 Å². The van der Waals surface area contributed by atoms with Gasteiger partial charge in [0.1, 0.15) is 0 Å². The molecule has 2 nitrogen and oxygen atoms in total. The largest absolute Gasteiger partial charge is 0.383 e. The van der Waals surface area contributed by atoms with E-state index in [2.05, 4.69) is 9.99 Å². The number of fused-ring (bicyclic) bond motifs is 1. The second-order valence-corrected chi connectivity index (χ2v) is 2.41. The molecule has 0 aromatic heterocycles. The monoisotopic (exact) mass is 133 g/mol. The Kier molecular flexibility index (Phi) is 0.714. The van der Waals surface area contributed by atoms with Crippen LogP contribution in [0, 0.1) is 5.92 Å². The molecule has 1 saturated carbocycles. The minimum Gasteiger partial charge on any atom is -0.383 e. The predicted octanol–water partition coefficient (Wildman–Crippen LogP) is 1.03. The standard InChI is InChI=1S/C5H5F2NO/c6-4(7)5-1-3(5)2-8-9-5/h2-4H,1H2. The molecule has 0 saturated heterocycles. The van der Waals surface area contributed by atoms with Crippen molar-refractivity contribution in [3.63, 3.8) is 0 Å². The van der Waals surface area contributed by atoms with Gasteiger partial charge in [0, 0.05) is 6.42 Å². The molecule has 0 bridgehead atoms. The molecule has 0 aromatic carbocycles. The van der Waals surface area contributed by atoms with Crippen molar-refractivity contribution >= 4 is 6.21 Å². The van der Waals surface area contributed by atoms with Crippen LogP contribution >= 0.6 is 0 Å². The van der Waals surface area contributed by atoms with Crippen molar-refractivity contribution in [2.45, 2.75) is 18.4 Å². The quantitative estimate of drug-likeness (QED) is 0.523. The molecule has 1 heterocycles. The van der Waals surface area contributed by atoms with Crippen molar-refractivity contribution in [1.82, 2.24) is 0 Å². The van der Waals surface area contributed by atoms with Gasteiger partial charge >= 0.3 is 0 Å². The van der Waals surface area contributed by atoms with E-state index in [1.165, 1.54) is 6.21 Å². The summed E-state index contributed by atoms with van der Waals surface area (Å²) < 4.78 is 23.9. The summed E-state index contributed by atoms with van der Waals surface area (Å²) in [4.78, 5) is 4.50. The first-order chi connectivity index (χ1) is 4.26. The highest BCUT2D eigenvalue weighted by atomic mass is 19.3. The van der Waals surface area contributed by atoms with E-state index < -0.39 is 12.0 Å². The Bertz CT molecular complexity index is 170. The predicted molar refractivity (Wildman–Crippen MR) is 26.4 cm³/mol. The molecule has 0 N–H and O–H groups in total. The highest BCUT2D eigenvalue weighted by Gasteiger charge is 2.66. The van der Waals surface area contributed by atoms with Gasteiger partial charge in [0.25, 0.3) is 6.43 Å². The van der Waals surface area contributed by atoms with E-state index in [1.807, 2.05) is 0 Å². The van der Waals surface area contributed by atoms with Crippen molar-refractivity contribution < 1.29 is 13.6 Å². The van der Waals surface area contributed by atoms with Gasteiger partial charge in [-0.25, -0.2) is 8.78 Å². The zero-order valence-corrected chi connectivity index (χ0v) is 4.55. The molecule has 4 heteroatoms. The fourth-order valence-corrected chi connectivity index (χ4v) is 1.06. The van der Waals surface area contributed by atoms with E-state index in [1.54, 1.807) is 0 Å². The highest BCUT2D eigenvalue weighted by molar-refractivity contribution is 5.69. The summed E-state index contributed by atoms with van der Waals surface area (Å²) in [5.74, 6) is -0.113. The summed E-state index contributed by atoms with van der Waals surface area (Å²) in [5, 5.41) is 3.30. The van der Waals surface area contributed by atoms with Gasteiger partial charge < -0.3 is 4.84 Å². The molecule has 0 amide bonds. The Labute approximate surface area is 50.5 Å². The van der Waals surface area contributed by atoms with Crippen LogP contribution in [-0.4, -0.2) is 18.2 Å². The van der Waals surface area contributed by atoms with Crippen molar-refractivity contribution in [1.29, 1.82) is 0 Å². The minimum absolute atomic E-state index is 0.113. The van der Waals surface area contributed by atoms with Gasteiger partial charge in [0.15, 0.2) is 0 Å². The first-order valence-corrected chi connectivity index (χ1v) is 2.75. The Morgan fingerprint density at radius 3 is 2.78 bits per heavy atom. The molecule has 0 spiro atoms. The first-order valence-electron chi connectivity index (χ1n) is 2.75. The van der Waals surface area contributed by atoms with Gasteiger partial charge in [-0.05, 0) is 0 Å². The highest BCUT2D eigenvalue weighted by Crippen LogP contribution is 2.53. The molecule has 0 aromatic rings. The maximum atomic E-state index is 12.0. The summed E-state index contributed by atoms with van der Waals surface area (Å²) in [6.45, 7) is 0. The van der Waals surface area contributed by atoms with Crippen LogP contribution in [0.2, 0.25) is 0 Å². The molecule has 50 valence electrons. The smallest absolute Gasteiger partial charge is 0.280 e. The number of hydrogen-bond acceptors (Lipinski definition) is 2. The lowest BCUT2D eigenvalue weighted by Gasteiger charge is -2.07. The fraction of sp³-hybridized carbons (Fsp3) is 0.800. The summed E-state index contributed by atoms with van der Waals surface area (Å²) >= 11 is 0. The molecule has 2 unspecified atom stereocenters. The van der Waals surface area contributed by atoms with Gasteiger partial charge in [0.05, 0.1) is 12.1 Å². The molecule has 9 heavy (non-hydrogen) atoms. The van der Waals surface area contributed by atoms with Crippen LogP contribution in [0.15, 0.2) is 5.16 Å². The van der Waals surface area contributed by atoms with Crippen LogP contribution in [0.25, 0.3) is 0 Å². The number of rotatable bonds is 1. The number of alkyl halides is 2. The maximum Gasteiger partial charge on any atom is 0.280 e. The van der Waals surface area contributed by atoms with Gasteiger partial charge in [-0.1, -0.05) is 5.16 Å². The average Bonchev–Trinajstić information content (AvgIpc) is 2.38. The normalized spacial score (nSPS) is 45.0. The topological polar surface area (TPSA) is 21.6 Å². The SMILES string of the molecule is FC(F)C12CC1C=NO2. The lowest BCUT2D eigenvalue weighted by molar-refractivity contribution is -0.0687. The van der Waals surface area contributed by atoms with Crippen LogP contribution < -0.4 is 0 Å². The molecular formula is C5H5F2NO. The summed E-state index contributed by atoms with van der Waals surface area (Å²) in [5.41, 5.74) is -1.19. The Morgan fingerprint density at radius 1 is 1.78 bits per heavy atom. The number of hydrogen-bond donors (Lipinski definition) is 0. The van der Waals surface area contributed by atoms with Crippen LogP contribution in [-0.2, 0) is 4.84 Å². The third-order valence-electron chi connectivity index (χ3n) is 1.84. The first kappa shape index (κ1) is 5.14. The van der Waals surface area contributed by atoms with E-state index in [4.69, 9.17) is 0 Å². The number of nitrogens with zero attached hydrogens (tertiary/aromatic N) is 1. The fourth-order valence-electron chi connectivity index (χ4n) is 1.06.